The highest BCUT2D eigenvalue weighted by Gasteiger charge is 2.05. The zero-order chi connectivity index (χ0) is 17.2. The summed E-state index contributed by atoms with van der Waals surface area (Å²) in [4.78, 5) is 30.3. The van der Waals surface area contributed by atoms with E-state index in [-0.39, 0.29) is 11.5 Å². The van der Waals surface area contributed by atoms with Gasteiger partial charge >= 0.3 is 5.97 Å². The molecule has 0 fully saturated rings. The van der Waals surface area contributed by atoms with Crippen molar-refractivity contribution >= 4 is 17.7 Å². The number of rotatable bonds is 9. The molecule has 2 aromatic rings. The van der Waals surface area contributed by atoms with Crippen molar-refractivity contribution in [3.63, 3.8) is 0 Å². The summed E-state index contributed by atoms with van der Waals surface area (Å²) >= 11 is 1.51. The van der Waals surface area contributed by atoms with E-state index < -0.39 is 0 Å². The summed E-state index contributed by atoms with van der Waals surface area (Å²) in [6.07, 6.45) is 2.73. The number of H-pyrrole nitrogens is 1. The first kappa shape index (κ1) is 18.3. The lowest BCUT2D eigenvalue weighted by Gasteiger charge is -2.05. The highest BCUT2D eigenvalue weighted by molar-refractivity contribution is 7.99. The van der Waals surface area contributed by atoms with E-state index in [2.05, 4.69) is 9.97 Å². The zero-order valence-corrected chi connectivity index (χ0v) is 14.6. The Hall–Kier alpha value is -2.08. The topological polar surface area (TPSA) is 72.0 Å². The Morgan fingerprint density at radius 3 is 2.79 bits per heavy atom. The highest BCUT2D eigenvalue weighted by Crippen LogP contribution is 2.15. The van der Waals surface area contributed by atoms with E-state index in [0.29, 0.717) is 24.6 Å². The van der Waals surface area contributed by atoms with E-state index in [1.54, 1.807) is 6.92 Å². The maximum absolute atomic E-state index is 11.8. The zero-order valence-electron chi connectivity index (χ0n) is 13.8. The first-order valence-corrected chi connectivity index (χ1v) is 9.08. The van der Waals surface area contributed by atoms with Crippen LogP contribution in [0.25, 0.3) is 0 Å². The molecule has 128 valence electrons. The van der Waals surface area contributed by atoms with Crippen molar-refractivity contribution in [2.75, 3.05) is 12.4 Å². The first-order chi connectivity index (χ1) is 11.7. The van der Waals surface area contributed by atoms with Gasteiger partial charge < -0.3 is 9.72 Å². The van der Waals surface area contributed by atoms with Gasteiger partial charge in [0.2, 0.25) is 0 Å². The summed E-state index contributed by atoms with van der Waals surface area (Å²) < 4.78 is 4.89. The van der Waals surface area contributed by atoms with Crippen molar-refractivity contribution in [3.05, 3.63) is 58.0 Å². The van der Waals surface area contributed by atoms with Gasteiger partial charge in [0.05, 0.1) is 12.3 Å². The number of nitrogens with zero attached hydrogens (tertiary/aromatic N) is 1. The average Bonchev–Trinajstić information content (AvgIpc) is 2.55. The van der Waals surface area contributed by atoms with Crippen LogP contribution in [0.4, 0.5) is 0 Å². The minimum absolute atomic E-state index is 0.134. The van der Waals surface area contributed by atoms with E-state index in [9.17, 15) is 9.59 Å². The van der Waals surface area contributed by atoms with Gasteiger partial charge in [-0.2, -0.15) is 0 Å². The maximum atomic E-state index is 11.8. The van der Waals surface area contributed by atoms with E-state index in [1.807, 2.05) is 30.3 Å². The van der Waals surface area contributed by atoms with Crippen molar-refractivity contribution in [2.45, 2.75) is 37.8 Å². The average molecular weight is 346 g/mol. The Labute approximate surface area is 145 Å². The fourth-order valence-electron chi connectivity index (χ4n) is 2.22. The molecule has 1 aromatic heterocycles. The molecule has 0 aliphatic heterocycles. The van der Waals surface area contributed by atoms with Gasteiger partial charge in [0, 0.05) is 24.7 Å². The first-order valence-electron chi connectivity index (χ1n) is 8.10. The number of unbranched alkanes of at least 4 members (excludes halogenated alkanes) is 1. The van der Waals surface area contributed by atoms with E-state index in [0.717, 1.165) is 29.9 Å². The van der Waals surface area contributed by atoms with Gasteiger partial charge in [-0.1, -0.05) is 42.1 Å². The van der Waals surface area contributed by atoms with E-state index >= 15 is 0 Å². The number of thioether (sulfide) groups is 1. The predicted molar refractivity (Wildman–Crippen MR) is 95.3 cm³/mol. The lowest BCUT2D eigenvalue weighted by molar-refractivity contribution is -0.143. The van der Waals surface area contributed by atoms with Crippen LogP contribution in [0.5, 0.6) is 0 Å². The second-order valence-electron chi connectivity index (χ2n) is 5.31. The van der Waals surface area contributed by atoms with Crippen LogP contribution in [0.15, 0.2) is 46.3 Å². The van der Waals surface area contributed by atoms with Gasteiger partial charge in [0.1, 0.15) is 0 Å². The molecular weight excluding hydrogens is 324 g/mol. The smallest absolute Gasteiger partial charge is 0.305 e. The van der Waals surface area contributed by atoms with Crippen LogP contribution in [0.2, 0.25) is 0 Å². The molecule has 6 heteroatoms. The van der Waals surface area contributed by atoms with Crippen LogP contribution in [-0.2, 0) is 16.0 Å². The summed E-state index contributed by atoms with van der Waals surface area (Å²) in [5.74, 6) is 0.649. The molecule has 1 heterocycles. The summed E-state index contributed by atoms with van der Waals surface area (Å²) in [6, 6.07) is 11.5. The predicted octanol–water partition coefficient (Wildman–Crippen LogP) is 3.19. The number of aromatic nitrogens is 2. The third kappa shape index (κ3) is 6.58. The molecule has 0 amide bonds. The number of nitrogens with one attached hydrogen (secondary N) is 1. The van der Waals surface area contributed by atoms with Crippen LogP contribution in [0, 0.1) is 0 Å². The molecule has 1 N–H and O–H groups in total. The van der Waals surface area contributed by atoms with Crippen LogP contribution < -0.4 is 5.56 Å². The Balaban J connectivity index is 1.83. The quantitative estimate of drug-likeness (QED) is 0.327. The summed E-state index contributed by atoms with van der Waals surface area (Å²) in [6.45, 7) is 2.23. The number of esters is 1. The van der Waals surface area contributed by atoms with Crippen LogP contribution in [-0.4, -0.2) is 28.3 Å². The molecule has 0 aliphatic rings. The van der Waals surface area contributed by atoms with Gasteiger partial charge in [-0.15, -0.1) is 0 Å². The monoisotopic (exact) mass is 346 g/mol. The second-order valence-corrected chi connectivity index (χ2v) is 6.40. The van der Waals surface area contributed by atoms with Crippen LogP contribution >= 0.6 is 11.8 Å². The second kappa shape index (κ2) is 9.93. The standard InChI is InChI=1S/C18H22N2O3S/c1-2-23-17(22)10-6-7-11-24-18-19-15(13-16(21)20-18)12-14-8-4-3-5-9-14/h3-5,8-9,13H,2,6-7,10-12H2,1H3,(H,19,20,21). The highest BCUT2D eigenvalue weighted by atomic mass is 32.2. The van der Waals surface area contributed by atoms with Crippen molar-refractivity contribution in [1.29, 1.82) is 0 Å². The Kier molecular flexibility index (Phi) is 7.55. The largest absolute Gasteiger partial charge is 0.466 e. The number of hydrogen-bond donors (Lipinski definition) is 1. The number of carbonyl (C=O) groups is 1. The third-order valence-electron chi connectivity index (χ3n) is 3.32. The van der Waals surface area contributed by atoms with Crippen molar-refractivity contribution in [3.8, 4) is 0 Å². The third-order valence-corrected chi connectivity index (χ3v) is 4.28. The van der Waals surface area contributed by atoms with E-state index in [1.165, 1.54) is 17.8 Å². The molecule has 0 bridgehead atoms. The molecule has 5 nitrogen and oxygen atoms in total. The molecular formula is C18H22N2O3S. The molecule has 0 saturated heterocycles. The molecule has 2 rings (SSSR count). The lowest BCUT2D eigenvalue weighted by atomic mass is 10.1. The summed E-state index contributed by atoms with van der Waals surface area (Å²) in [7, 11) is 0. The Bertz CT molecular complexity index is 701. The molecule has 0 aliphatic carbocycles. The fraction of sp³-hybridized carbons (Fsp3) is 0.389. The molecule has 0 spiro atoms. The van der Waals surface area contributed by atoms with Gasteiger partial charge in [-0.3, -0.25) is 9.59 Å². The van der Waals surface area contributed by atoms with Crippen molar-refractivity contribution in [1.82, 2.24) is 9.97 Å². The van der Waals surface area contributed by atoms with E-state index in [4.69, 9.17) is 4.74 Å². The van der Waals surface area contributed by atoms with Gasteiger partial charge in [-0.25, -0.2) is 4.98 Å². The number of benzene rings is 1. The normalized spacial score (nSPS) is 10.5. The number of aromatic amines is 1. The lowest BCUT2D eigenvalue weighted by Crippen LogP contribution is -2.10. The Morgan fingerprint density at radius 2 is 2.04 bits per heavy atom. The van der Waals surface area contributed by atoms with Crippen molar-refractivity contribution in [2.24, 2.45) is 0 Å². The number of carbonyl (C=O) groups excluding carboxylic acids is 1. The molecule has 0 unspecified atom stereocenters. The van der Waals surface area contributed by atoms with Gasteiger partial charge in [0.15, 0.2) is 5.16 Å². The minimum atomic E-state index is -0.154. The molecule has 0 radical (unpaired) electrons. The maximum Gasteiger partial charge on any atom is 0.305 e. The molecule has 0 saturated carbocycles. The molecule has 24 heavy (non-hydrogen) atoms. The molecule has 0 atom stereocenters. The Morgan fingerprint density at radius 1 is 1.25 bits per heavy atom. The van der Waals surface area contributed by atoms with Gasteiger partial charge in [0.25, 0.3) is 5.56 Å². The fourth-order valence-corrected chi connectivity index (χ4v) is 3.12. The SMILES string of the molecule is CCOC(=O)CCCCSc1nc(Cc2ccccc2)cc(=O)[nH]1. The summed E-state index contributed by atoms with van der Waals surface area (Å²) in [5.41, 5.74) is 1.75. The number of hydrogen-bond acceptors (Lipinski definition) is 5. The van der Waals surface area contributed by atoms with Crippen molar-refractivity contribution < 1.29 is 9.53 Å². The van der Waals surface area contributed by atoms with Crippen LogP contribution in [0.1, 0.15) is 37.4 Å². The summed E-state index contributed by atoms with van der Waals surface area (Å²) in [5, 5.41) is 0.629. The minimum Gasteiger partial charge on any atom is -0.466 e. The molecule has 1 aromatic carbocycles. The van der Waals surface area contributed by atoms with Gasteiger partial charge in [-0.05, 0) is 25.3 Å². The van der Waals surface area contributed by atoms with Crippen LogP contribution in [0.3, 0.4) is 0 Å². The number of ether oxygens (including phenoxy) is 1.